The number of hydrogen-bond donors (Lipinski definition) is 2. The van der Waals surface area contributed by atoms with Crippen molar-refractivity contribution in [2.45, 2.75) is 148 Å². The molecule has 0 unspecified atom stereocenters. The van der Waals surface area contributed by atoms with Crippen LogP contribution in [0.4, 0.5) is 0 Å². The highest BCUT2D eigenvalue weighted by Gasteiger charge is 2.24. The first-order valence-electron chi connectivity index (χ1n) is 17.7. The van der Waals surface area contributed by atoms with Crippen LogP contribution in [0.2, 0.25) is 0 Å². The van der Waals surface area contributed by atoms with Crippen molar-refractivity contribution in [3.8, 4) is 0 Å². The molecule has 2 aromatic rings. The van der Waals surface area contributed by atoms with Gasteiger partial charge in [0.05, 0.1) is 13.0 Å². The van der Waals surface area contributed by atoms with Gasteiger partial charge in [0.2, 0.25) is 5.91 Å². The molecule has 1 amide bonds. The molecule has 47 heavy (non-hydrogen) atoms. The fourth-order valence-corrected chi connectivity index (χ4v) is 6.79. The summed E-state index contributed by atoms with van der Waals surface area (Å²) in [7, 11) is 0. The largest absolute Gasteiger partial charge is 0.481 e. The molecule has 2 saturated carbocycles. The van der Waals surface area contributed by atoms with E-state index in [9.17, 15) is 19.2 Å². The van der Waals surface area contributed by atoms with Gasteiger partial charge in [-0.05, 0) is 31.6 Å². The first-order chi connectivity index (χ1) is 22.7. The van der Waals surface area contributed by atoms with Crippen LogP contribution in [-0.4, -0.2) is 45.1 Å². The fourth-order valence-electron chi connectivity index (χ4n) is 6.79. The van der Waals surface area contributed by atoms with E-state index in [0.29, 0.717) is 24.1 Å². The number of hydroxylamine groups is 1. The van der Waals surface area contributed by atoms with Gasteiger partial charge in [0, 0.05) is 32.1 Å². The van der Waals surface area contributed by atoms with E-state index in [1.807, 2.05) is 6.92 Å². The number of amides is 1. The minimum absolute atomic E-state index is 0.00250. The Labute approximate surface area is 279 Å². The van der Waals surface area contributed by atoms with E-state index in [4.69, 9.17) is 18.8 Å². The number of aromatic nitrogens is 2. The predicted molar refractivity (Wildman–Crippen MR) is 176 cm³/mol. The van der Waals surface area contributed by atoms with Gasteiger partial charge in [-0.15, -0.1) is 0 Å². The number of carbonyl (C=O) groups is 4. The van der Waals surface area contributed by atoms with E-state index in [0.717, 1.165) is 43.9 Å². The molecule has 2 aromatic heterocycles. The van der Waals surface area contributed by atoms with Crippen molar-refractivity contribution in [3.05, 3.63) is 35.7 Å². The molecule has 0 radical (unpaired) electrons. The first kappa shape index (κ1) is 38.1. The highest BCUT2D eigenvalue weighted by Crippen LogP contribution is 2.32. The molecule has 0 bridgehead atoms. The second kappa shape index (κ2) is 20.8. The molecule has 0 aromatic carbocycles. The summed E-state index contributed by atoms with van der Waals surface area (Å²) in [6, 6.07) is 0. The van der Waals surface area contributed by atoms with Gasteiger partial charge in [0.15, 0.2) is 23.3 Å². The number of nitrogens with zero attached hydrogens (tertiary/aromatic N) is 2. The van der Waals surface area contributed by atoms with Crippen LogP contribution in [0.25, 0.3) is 0 Å². The third-order valence-corrected chi connectivity index (χ3v) is 9.43. The van der Waals surface area contributed by atoms with Crippen LogP contribution >= 0.6 is 0 Å². The minimum atomic E-state index is -0.856. The quantitative estimate of drug-likeness (QED) is 0.118. The van der Waals surface area contributed by atoms with Gasteiger partial charge < -0.3 is 13.9 Å². The van der Waals surface area contributed by atoms with Crippen LogP contribution in [-0.2, 0) is 14.4 Å². The molecule has 2 heterocycles. The molecule has 262 valence electrons. The Bertz CT molecular complexity index is 1240. The van der Waals surface area contributed by atoms with E-state index >= 15 is 0 Å². The van der Waals surface area contributed by atoms with Crippen molar-refractivity contribution in [2.75, 3.05) is 6.61 Å². The number of carboxylic acid groups (broad SMARTS) is 1. The molecule has 2 aliphatic carbocycles. The van der Waals surface area contributed by atoms with E-state index in [2.05, 4.69) is 15.4 Å². The summed E-state index contributed by atoms with van der Waals surface area (Å²) >= 11 is 0. The van der Waals surface area contributed by atoms with Gasteiger partial charge >= 0.3 is 5.97 Å². The van der Waals surface area contributed by atoms with Crippen LogP contribution in [0.3, 0.4) is 0 Å². The number of nitrogens with one attached hydrogen (secondary N) is 1. The summed E-state index contributed by atoms with van der Waals surface area (Å²) in [5.74, 6) is 0.752. The molecule has 0 saturated heterocycles. The topological polar surface area (TPSA) is 162 Å². The van der Waals surface area contributed by atoms with Crippen molar-refractivity contribution in [1.29, 1.82) is 0 Å². The number of aliphatic carboxylic acids is 1. The number of hydrogen-bond acceptors (Lipinski definition) is 9. The first-order valence-corrected chi connectivity index (χ1v) is 17.7. The third-order valence-electron chi connectivity index (χ3n) is 9.43. The minimum Gasteiger partial charge on any atom is -0.481 e. The fraction of sp³-hybridized carbons (Fsp3) is 0.722. The van der Waals surface area contributed by atoms with Crippen LogP contribution in [0.1, 0.15) is 181 Å². The van der Waals surface area contributed by atoms with Gasteiger partial charge in [0.25, 0.3) is 0 Å². The number of Topliss-reactive ketones (excluding diaryl/α,β-unsaturated/α-hetero) is 2. The molecule has 0 aliphatic heterocycles. The monoisotopic (exact) mass is 657 g/mol. The normalized spacial score (nSPS) is 16.9. The number of carboxylic acids is 1. The molecule has 11 nitrogen and oxygen atoms in total. The highest BCUT2D eigenvalue weighted by molar-refractivity contribution is 5.92. The lowest BCUT2D eigenvalue weighted by Crippen LogP contribution is -2.25. The van der Waals surface area contributed by atoms with Gasteiger partial charge in [0.1, 0.15) is 23.9 Å². The van der Waals surface area contributed by atoms with Crippen molar-refractivity contribution in [3.63, 3.8) is 0 Å². The zero-order valence-electron chi connectivity index (χ0n) is 28.6. The SMILES string of the molecule is CC(=O)c1coc([C@H](CCCC2CCCCC2)CC(=O)O)n1.CCONC(=O)C[C@@H](CCCC1CCCCC1)c1nc(C(C)=O)co1. The lowest BCUT2D eigenvalue weighted by molar-refractivity contribution is -0.137. The standard InChI is InChI=1S/C19H30N2O4.C17H25NO4/c1-3-25-21-18(23)12-16(19-20-17(13-24-19)14(2)22)11-7-10-15-8-5-4-6-9-15;1-12(19)15-11-22-17(18-15)14(10-16(20)21)9-5-8-13-6-3-2-4-7-13/h13,15-16H,3-12H2,1-2H3,(H,21,23);11,13-14H,2-10H2,1H3,(H,20,21)/t16-;14-/m11/s1. The Morgan fingerprint density at radius 1 is 0.787 bits per heavy atom. The number of rotatable bonds is 18. The molecular formula is C36H55N3O8. The number of ketones is 2. The molecule has 0 spiro atoms. The highest BCUT2D eigenvalue weighted by atomic mass is 16.6. The van der Waals surface area contributed by atoms with Crippen molar-refractivity contribution >= 4 is 23.4 Å². The maximum atomic E-state index is 12.0. The Kier molecular flexibility index (Phi) is 16.9. The zero-order valence-corrected chi connectivity index (χ0v) is 28.6. The molecule has 4 rings (SSSR count). The van der Waals surface area contributed by atoms with Crippen molar-refractivity contribution < 1.29 is 38.0 Å². The number of oxazole rings is 2. The van der Waals surface area contributed by atoms with Crippen LogP contribution in [0.5, 0.6) is 0 Å². The Hall–Kier alpha value is -3.34. The summed E-state index contributed by atoms with van der Waals surface area (Å²) < 4.78 is 10.8. The molecular weight excluding hydrogens is 602 g/mol. The average Bonchev–Trinajstić information content (AvgIpc) is 3.76. The van der Waals surface area contributed by atoms with E-state index in [-0.39, 0.29) is 47.8 Å². The maximum absolute atomic E-state index is 12.0. The summed E-state index contributed by atoms with van der Waals surface area (Å²) in [5, 5.41) is 9.07. The number of carbonyl (C=O) groups excluding carboxylic acids is 3. The molecule has 2 fully saturated rings. The Morgan fingerprint density at radius 2 is 1.23 bits per heavy atom. The van der Waals surface area contributed by atoms with Gasteiger partial charge in [-0.25, -0.2) is 15.4 Å². The van der Waals surface area contributed by atoms with Gasteiger partial charge in [-0.1, -0.05) is 89.9 Å². The van der Waals surface area contributed by atoms with Crippen molar-refractivity contribution in [1.82, 2.24) is 15.4 Å². The third kappa shape index (κ3) is 14.1. The lowest BCUT2D eigenvalue weighted by atomic mass is 9.84. The maximum Gasteiger partial charge on any atom is 0.304 e. The summed E-state index contributed by atoms with van der Waals surface area (Å²) in [6.45, 7) is 5.12. The molecule has 11 heteroatoms. The van der Waals surface area contributed by atoms with E-state index in [1.54, 1.807) is 0 Å². The van der Waals surface area contributed by atoms with Crippen molar-refractivity contribution in [2.24, 2.45) is 11.8 Å². The molecule has 2 aliphatic rings. The summed E-state index contributed by atoms with van der Waals surface area (Å²) in [6.07, 6.45) is 22.2. The second-order valence-electron chi connectivity index (χ2n) is 13.3. The average molecular weight is 658 g/mol. The summed E-state index contributed by atoms with van der Waals surface area (Å²) in [5.41, 5.74) is 3.02. The Balaban J connectivity index is 0.000000257. The summed E-state index contributed by atoms with van der Waals surface area (Å²) in [4.78, 5) is 59.2. The molecule has 2 N–H and O–H groups in total. The smallest absolute Gasteiger partial charge is 0.304 e. The Morgan fingerprint density at radius 3 is 1.62 bits per heavy atom. The van der Waals surface area contributed by atoms with E-state index in [1.165, 1.54) is 97.0 Å². The predicted octanol–water partition coefficient (Wildman–Crippen LogP) is 8.36. The lowest BCUT2D eigenvalue weighted by Gasteiger charge is -2.22. The van der Waals surface area contributed by atoms with Crippen LogP contribution in [0.15, 0.2) is 21.4 Å². The van der Waals surface area contributed by atoms with E-state index < -0.39 is 5.97 Å². The van der Waals surface area contributed by atoms with Crippen LogP contribution in [0, 0.1) is 11.8 Å². The van der Waals surface area contributed by atoms with Gasteiger partial charge in [-0.3, -0.25) is 24.0 Å². The molecule has 2 atom stereocenters. The van der Waals surface area contributed by atoms with Gasteiger partial charge in [-0.2, -0.15) is 0 Å². The second-order valence-corrected chi connectivity index (χ2v) is 13.3. The zero-order chi connectivity index (χ0) is 34.0. The van der Waals surface area contributed by atoms with Crippen LogP contribution < -0.4 is 5.48 Å².